The van der Waals surface area contributed by atoms with Crippen LogP contribution in [0.15, 0.2) is 72.8 Å². The quantitative estimate of drug-likeness (QED) is 0.569. The summed E-state index contributed by atoms with van der Waals surface area (Å²) in [6.07, 6.45) is 8.11. The average Bonchev–Trinajstić information content (AvgIpc) is 2.72. The average molecular weight is 332 g/mol. The molecule has 0 N–H and O–H groups in total. The second-order valence-corrected chi connectivity index (χ2v) is 5.80. The van der Waals surface area contributed by atoms with Crippen LogP contribution in [0.4, 0.5) is 0 Å². The highest BCUT2D eigenvalue weighted by atomic mass is 14.2. The first-order chi connectivity index (χ1) is 12.8. The fourth-order valence-electron chi connectivity index (χ4n) is 2.48. The first-order valence-corrected chi connectivity index (χ1v) is 8.23. The van der Waals surface area contributed by atoms with E-state index in [-0.39, 0.29) is 0 Å². The number of benzene rings is 3. The molecular formula is C24H16N2. The highest BCUT2D eigenvalue weighted by molar-refractivity contribution is 5.73. The molecule has 26 heavy (non-hydrogen) atoms. The van der Waals surface area contributed by atoms with Crippen LogP contribution >= 0.6 is 0 Å². The molecule has 0 bridgehead atoms. The lowest BCUT2D eigenvalue weighted by molar-refractivity contribution is 1.48. The molecule has 0 aliphatic rings. The van der Waals surface area contributed by atoms with Crippen molar-refractivity contribution in [1.82, 2.24) is 0 Å². The minimum Gasteiger partial charge on any atom is -0.192 e. The van der Waals surface area contributed by atoms with Crippen molar-refractivity contribution >= 4 is 24.3 Å². The van der Waals surface area contributed by atoms with Crippen LogP contribution in [0.1, 0.15) is 33.4 Å². The Kier molecular flexibility index (Phi) is 5.41. The monoisotopic (exact) mass is 332 g/mol. The molecule has 0 fully saturated rings. The highest BCUT2D eigenvalue weighted by Gasteiger charge is 1.93. The molecule has 0 aromatic heterocycles. The molecule has 122 valence electrons. The molecule has 3 aromatic carbocycles. The Hall–Kier alpha value is -3.88. The maximum absolute atomic E-state index is 8.94. The number of nitrogens with zero attached hydrogens (tertiary/aromatic N) is 2. The van der Waals surface area contributed by atoms with Gasteiger partial charge in [-0.3, -0.25) is 0 Å². The molecule has 2 nitrogen and oxygen atoms in total. The van der Waals surface area contributed by atoms with Crippen LogP contribution in [0.2, 0.25) is 0 Å². The normalized spacial score (nSPS) is 10.7. The predicted octanol–water partition coefficient (Wildman–Crippen LogP) is 5.77. The van der Waals surface area contributed by atoms with Crippen LogP contribution in [-0.4, -0.2) is 0 Å². The topological polar surface area (TPSA) is 47.6 Å². The first-order valence-electron chi connectivity index (χ1n) is 8.23. The van der Waals surface area contributed by atoms with Crippen molar-refractivity contribution in [3.8, 4) is 12.1 Å². The van der Waals surface area contributed by atoms with Gasteiger partial charge in [-0.05, 0) is 46.5 Å². The molecule has 0 unspecified atom stereocenters. The Balaban J connectivity index is 1.68. The van der Waals surface area contributed by atoms with Gasteiger partial charge in [0.05, 0.1) is 23.3 Å². The summed E-state index contributed by atoms with van der Waals surface area (Å²) in [5, 5.41) is 17.8. The number of rotatable bonds is 4. The Bertz CT molecular complexity index is 1030. The van der Waals surface area contributed by atoms with E-state index in [1.807, 2.05) is 66.8 Å². The van der Waals surface area contributed by atoms with Crippen molar-refractivity contribution in [2.24, 2.45) is 0 Å². The number of nitriles is 2. The van der Waals surface area contributed by atoms with Crippen molar-refractivity contribution in [3.05, 3.63) is 106 Å². The van der Waals surface area contributed by atoms with Gasteiger partial charge in [-0.15, -0.1) is 0 Å². The lowest BCUT2D eigenvalue weighted by atomic mass is 10.1. The summed E-state index contributed by atoms with van der Waals surface area (Å²) in [6.45, 7) is 0. The molecule has 2 heteroatoms. The van der Waals surface area contributed by atoms with E-state index >= 15 is 0 Å². The van der Waals surface area contributed by atoms with E-state index in [4.69, 9.17) is 10.5 Å². The van der Waals surface area contributed by atoms with E-state index in [0.29, 0.717) is 11.1 Å². The Morgan fingerprint density at radius 2 is 0.962 bits per heavy atom. The van der Waals surface area contributed by atoms with E-state index in [1.165, 1.54) is 0 Å². The van der Waals surface area contributed by atoms with Gasteiger partial charge < -0.3 is 0 Å². The number of hydrogen-bond acceptors (Lipinski definition) is 2. The summed E-state index contributed by atoms with van der Waals surface area (Å²) in [7, 11) is 0. The van der Waals surface area contributed by atoms with Crippen LogP contribution in [-0.2, 0) is 0 Å². The van der Waals surface area contributed by atoms with E-state index in [2.05, 4.69) is 36.4 Å². The standard InChI is InChI=1S/C24H16N2/c25-17-23-14-11-21(12-15-23)9-6-19-4-7-20(8-5-19)10-13-22-2-1-3-24(16-22)18-26/h1-16H/b9-6-,13-10-. The van der Waals surface area contributed by atoms with Crippen LogP contribution in [0.25, 0.3) is 24.3 Å². The predicted molar refractivity (Wildman–Crippen MR) is 107 cm³/mol. The molecule has 0 aliphatic heterocycles. The Morgan fingerprint density at radius 3 is 1.46 bits per heavy atom. The molecule has 3 rings (SSSR count). The van der Waals surface area contributed by atoms with Gasteiger partial charge >= 0.3 is 0 Å². The van der Waals surface area contributed by atoms with Gasteiger partial charge in [-0.25, -0.2) is 0 Å². The van der Waals surface area contributed by atoms with Gasteiger partial charge in [-0.1, -0.05) is 72.8 Å². The molecule has 0 saturated carbocycles. The summed E-state index contributed by atoms with van der Waals surface area (Å²) in [4.78, 5) is 0. The fraction of sp³-hybridized carbons (Fsp3) is 0. The second kappa shape index (κ2) is 8.29. The minimum atomic E-state index is 0.662. The van der Waals surface area contributed by atoms with Crippen molar-refractivity contribution in [3.63, 3.8) is 0 Å². The molecule has 0 spiro atoms. The summed E-state index contributed by atoms with van der Waals surface area (Å²) in [6, 6.07) is 27.5. The highest BCUT2D eigenvalue weighted by Crippen LogP contribution is 2.13. The van der Waals surface area contributed by atoms with E-state index in [9.17, 15) is 0 Å². The zero-order chi connectivity index (χ0) is 18.2. The van der Waals surface area contributed by atoms with Gasteiger partial charge in [0, 0.05) is 0 Å². The molecule has 0 amide bonds. The fourth-order valence-corrected chi connectivity index (χ4v) is 2.48. The molecule has 0 saturated heterocycles. The lowest BCUT2D eigenvalue weighted by Gasteiger charge is -1.98. The van der Waals surface area contributed by atoms with E-state index in [1.54, 1.807) is 6.07 Å². The smallest absolute Gasteiger partial charge is 0.0991 e. The minimum absolute atomic E-state index is 0.662. The molecule has 0 aliphatic carbocycles. The molecule has 3 aromatic rings. The summed E-state index contributed by atoms with van der Waals surface area (Å²) in [5.74, 6) is 0. The zero-order valence-electron chi connectivity index (χ0n) is 14.1. The molecule has 0 heterocycles. The zero-order valence-corrected chi connectivity index (χ0v) is 14.1. The van der Waals surface area contributed by atoms with Gasteiger partial charge in [0.25, 0.3) is 0 Å². The van der Waals surface area contributed by atoms with Gasteiger partial charge in [-0.2, -0.15) is 10.5 Å². The summed E-state index contributed by atoms with van der Waals surface area (Å²) >= 11 is 0. The van der Waals surface area contributed by atoms with E-state index < -0.39 is 0 Å². The van der Waals surface area contributed by atoms with Crippen LogP contribution in [0, 0.1) is 22.7 Å². The number of hydrogen-bond donors (Lipinski definition) is 0. The molecule has 0 atom stereocenters. The molecular weight excluding hydrogens is 316 g/mol. The second-order valence-electron chi connectivity index (χ2n) is 5.80. The van der Waals surface area contributed by atoms with E-state index in [0.717, 1.165) is 22.3 Å². The van der Waals surface area contributed by atoms with Crippen LogP contribution < -0.4 is 0 Å². The third kappa shape index (κ3) is 4.57. The van der Waals surface area contributed by atoms with Crippen LogP contribution in [0.5, 0.6) is 0 Å². The van der Waals surface area contributed by atoms with Crippen molar-refractivity contribution in [2.75, 3.05) is 0 Å². The van der Waals surface area contributed by atoms with Crippen molar-refractivity contribution in [2.45, 2.75) is 0 Å². The maximum Gasteiger partial charge on any atom is 0.0991 e. The first kappa shape index (κ1) is 17.0. The Labute approximate surface area is 153 Å². The summed E-state index contributed by atoms with van der Waals surface area (Å²) < 4.78 is 0. The van der Waals surface area contributed by atoms with Crippen molar-refractivity contribution in [1.29, 1.82) is 10.5 Å². The van der Waals surface area contributed by atoms with Crippen molar-refractivity contribution < 1.29 is 0 Å². The van der Waals surface area contributed by atoms with Gasteiger partial charge in [0.15, 0.2) is 0 Å². The Morgan fingerprint density at radius 1 is 0.500 bits per heavy atom. The van der Waals surface area contributed by atoms with Gasteiger partial charge in [0.1, 0.15) is 0 Å². The third-order valence-electron chi connectivity index (χ3n) is 3.93. The summed E-state index contributed by atoms with van der Waals surface area (Å²) in [5.41, 5.74) is 5.61. The maximum atomic E-state index is 8.94. The SMILES string of the molecule is N#Cc1ccc(/C=C\c2ccc(/C=C\c3cccc(C#N)c3)cc2)cc1. The third-order valence-corrected chi connectivity index (χ3v) is 3.93. The van der Waals surface area contributed by atoms with Gasteiger partial charge in [0.2, 0.25) is 0 Å². The lowest BCUT2D eigenvalue weighted by Crippen LogP contribution is -1.78. The van der Waals surface area contributed by atoms with Crippen LogP contribution in [0.3, 0.4) is 0 Å². The largest absolute Gasteiger partial charge is 0.192 e. The molecule has 0 radical (unpaired) electrons.